The smallest absolute Gasteiger partial charge is 0.338 e. The van der Waals surface area contributed by atoms with Crippen LogP contribution in [0.25, 0.3) is 33.3 Å². The van der Waals surface area contributed by atoms with Crippen molar-refractivity contribution < 1.29 is 24.2 Å². The molecule has 2 amide bonds. The van der Waals surface area contributed by atoms with Crippen LogP contribution in [0, 0.1) is 0 Å². The summed E-state index contributed by atoms with van der Waals surface area (Å²) in [6.45, 7) is 5.57. The molecule has 266 valence electrons. The molecule has 0 bridgehead atoms. The first-order chi connectivity index (χ1) is 25.3. The number of carbonyl (C=O) groups is 3. The molecule has 0 atom stereocenters. The summed E-state index contributed by atoms with van der Waals surface area (Å²) in [6.07, 6.45) is 10.2. The predicted molar refractivity (Wildman–Crippen MR) is 192 cm³/mol. The van der Waals surface area contributed by atoms with E-state index in [1.165, 1.54) is 18.1 Å². The van der Waals surface area contributed by atoms with Crippen molar-refractivity contribution in [1.29, 1.82) is 0 Å². The number of nitrogens with zero attached hydrogens (tertiary/aromatic N) is 8. The summed E-state index contributed by atoms with van der Waals surface area (Å²) in [5, 5.41) is 19.4. The van der Waals surface area contributed by atoms with Gasteiger partial charge in [0.15, 0.2) is 0 Å². The molecule has 5 aromatic rings. The number of hydrogen-bond acceptors (Lipinski definition) is 10. The van der Waals surface area contributed by atoms with Gasteiger partial charge in [0.05, 0.1) is 23.0 Å². The quantitative estimate of drug-likeness (QED) is 0.248. The normalized spacial score (nSPS) is 16.9. The third-order valence-electron chi connectivity index (χ3n) is 10.4. The molecule has 1 aromatic carbocycles. The van der Waals surface area contributed by atoms with Crippen molar-refractivity contribution in [2.45, 2.75) is 57.7 Å². The van der Waals surface area contributed by atoms with Crippen molar-refractivity contribution in [3.05, 3.63) is 83.7 Å². The highest BCUT2D eigenvalue weighted by Gasteiger charge is 2.31. The number of carbonyl (C=O) groups excluding carboxylic acids is 2. The van der Waals surface area contributed by atoms with E-state index in [0.717, 1.165) is 71.3 Å². The summed E-state index contributed by atoms with van der Waals surface area (Å²) in [4.78, 5) is 58.1. The van der Waals surface area contributed by atoms with Crippen molar-refractivity contribution in [3.63, 3.8) is 0 Å². The number of aromatic carboxylic acids is 1. The molecule has 0 radical (unpaired) electrons. The van der Waals surface area contributed by atoms with E-state index < -0.39 is 5.97 Å². The first kappa shape index (κ1) is 33.4. The van der Waals surface area contributed by atoms with Gasteiger partial charge in [-0.1, -0.05) is 18.2 Å². The Labute approximate surface area is 299 Å². The number of anilines is 1. The van der Waals surface area contributed by atoms with Crippen molar-refractivity contribution in [3.8, 4) is 22.5 Å². The highest BCUT2D eigenvalue weighted by molar-refractivity contribution is 5.98. The van der Waals surface area contributed by atoms with Gasteiger partial charge in [-0.25, -0.2) is 14.8 Å². The van der Waals surface area contributed by atoms with E-state index >= 15 is 0 Å². The maximum absolute atomic E-state index is 13.1. The summed E-state index contributed by atoms with van der Waals surface area (Å²) < 4.78 is 7.84. The minimum atomic E-state index is -1.06. The Balaban J connectivity index is 0.974. The number of hydrogen-bond donors (Lipinski definition) is 2. The summed E-state index contributed by atoms with van der Waals surface area (Å²) >= 11 is 0. The van der Waals surface area contributed by atoms with Crippen LogP contribution in [0.15, 0.2) is 61.2 Å². The van der Waals surface area contributed by atoms with Gasteiger partial charge < -0.3 is 25.0 Å². The van der Waals surface area contributed by atoms with Crippen LogP contribution in [0.3, 0.4) is 0 Å². The fraction of sp³-hybridized carbons (Fsp3) is 0.368. The van der Waals surface area contributed by atoms with Gasteiger partial charge in [0.1, 0.15) is 5.69 Å². The molecule has 2 fully saturated rings. The highest BCUT2D eigenvalue weighted by atomic mass is 16.5. The number of aromatic nitrogens is 6. The standard InChI is InChI=1S/C38H39N9O5/c1-23(48)46-14-9-34-31(22-46)35(44-47(34)28-10-15-52-16-11-28)29-4-2-3-24-17-33(40-21-30(24)29)25-5-6-32(39-18-25)36(49)43-27-7-12-45(13-8-27)38-41-19-26(20-42-38)37(50)51/h2-6,17-21,27-28H,7-16,22H2,1H3,(H,43,49)(H,50,51). The van der Waals surface area contributed by atoms with E-state index in [2.05, 4.69) is 37.1 Å². The summed E-state index contributed by atoms with van der Waals surface area (Å²) in [7, 11) is 0. The molecule has 3 aliphatic rings. The molecule has 0 saturated carbocycles. The molecule has 4 aromatic heterocycles. The lowest BCUT2D eigenvalue weighted by Gasteiger charge is -2.32. The lowest BCUT2D eigenvalue weighted by molar-refractivity contribution is -0.129. The van der Waals surface area contributed by atoms with Gasteiger partial charge in [-0.3, -0.25) is 24.2 Å². The first-order valence-corrected chi connectivity index (χ1v) is 17.7. The molecule has 0 unspecified atom stereocenters. The fourth-order valence-corrected chi connectivity index (χ4v) is 7.46. The Hall–Kier alpha value is -5.76. The molecule has 14 nitrogen and oxygen atoms in total. The molecule has 0 spiro atoms. The molecule has 8 rings (SSSR count). The Morgan fingerprint density at radius 1 is 0.904 bits per heavy atom. The Kier molecular flexibility index (Phi) is 9.05. The summed E-state index contributed by atoms with van der Waals surface area (Å²) in [5.41, 5.74) is 6.11. The van der Waals surface area contributed by atoms with Gasteiger partial charge in [0.25, 0.3) is 5.91 Å². The van der Waals surface area contributed by atoms with E-state index in [0.29, 0.717) is 50.7 Å². The van der Waals surface area contributed by atoms with Crippen molar-refractivity contribution in [2.24, 2.45) is 0 Å². The van der Waals surface area contributed by atoms with Gasteiger partial charge in [0.2, 0.25) is 11.9 Å². The second-order valence-corrected chi connectivity index (χ2v) is 13.6. The summed E-state index contributed by atoms with van der Waals surface area (Å²) in [5.74, 6) is -0.760. The number of fused-ring (bicyclic) bond motifs is 2. The highest BCUT2D eigenvalue weighted by Crippen LogP contribution is 2.37. The minimum absolute atomic E-state index is 0.0286. The zero-order chi connectivity index (χ0) is 35.8. The van der Waals surface area contributed by atoms with Gasteiger partial charge in [0, 0.05) is 111 Å². The molecule has 2 N–H and O–H groups in total. The zero-order valence-corrected chi connectivity index (χ0v) is 28.9. The monoisotopic (exact) mass is 701 g/mol. The predicted octanol–water partition coefficient (Wildman–Crippen LogP) is 4.30. The number of carboxylic acid groups (broad SMARTS) is 1. The Morgan fingerprint density at radius 3 is 2.40 bits per heavy atom. The molecule has 14 heteroatoms. The SMILES string of the molecule is CC(=O)N1CCc2c(c(-c3cccc4cc(-c5ccc(C(=O)NC6CCN(c7ncc(C(=O)O)cn7)CC6)nc5)ncc34)nn2C2CCOCC2)C1. The molecule has 52 heavy (non-hydrogen) atoms. The zero-order valence-electron chi connectivity index (χ0n) is 28.9. The number of nitrogens with one attached hydrogen (secondary N) is 1. The van der Waals surface area contributed by atoms with Crippen LogP contribution < -0.4 is 10.2 Å². The van der Waals surface area contributed by atoms with E-state index in [9.17, 15) is 14.4 Å². The first-order valence-electron chi connectivity index (χ1n) is 17.7. The van der Waals surface area contributed by atoms with Crippen LogP contribution in [-0.4, -0.2) is 96.4 Å². The van der Waals surface area contributed by atoms with Crippen molar-refractivity contribution in [1.82, 2.24) is 39.9 Å². The average Bonchev–Trinajstić information content (AvgIpc) is 3.57. The maximum atomic E-state index is 13.1. The van der Waals surface area contributed by atoms with Crippen molar-refractivity contribution in [2.75, 3.05) is 37.7 Å². The third-order valence-corrected chi connectivity index (χ3v) is 10.4. The summed E-state index contributed by atoms with van der Waals surface area (Å²) in [6, 6.07) is 12.0. The van der Waals surface area contributed by atoms with Crippen LogP contribution >= 0.6 is 0 Å². The number of rotatable bonds is 7. The topological polar surface area (TPSA) is 169 Å². The second kappa shape index (κ2) is 14.1. The van der Waals surface area contributed by atoms with Crippen LogP contribution in [0.1, 0.15) is 70.8 Å². The third kappa shape index (κ3) is 6.57. The maximum Gasteiger partial charge on any atom is 0.338 e. The molecule has 7 heterocycles. The van der Waals surface area contributed by atoms with Crippen LogP contribution in [-0.2, 0) is 22.5 Å². The fourth-order valence-electron chi connectivity index (χ4n) is 7.46. The Bertz CT molecular complexity index is 2140. The van der Waals surface area contributed by atoms with Gasteiger partial charge >= 0.3 is 5.97 Å². The molecule has 2 saturated heterocycles. The number of ether oxygens (including phenoxy) is 1. The second-order valence-electron chi connectivity index (χ2n) is 13.6. The lowest BCUT2D eigenvalue weighted by Crippen LogP contribution is -2.45. The minimum Gasteiger partial charge on any atom is -0.478 e. The number of benzene rings is 1. The molecular weight excluding hydrogens is 662 g/mol. The van der Waals surface area contributed by atoms with E-state index in [1.807, 2.05) is 34.2 Å². The number of carboxylic acids is 1. The van der Waals surface area contributed by atoms with Crippen LogP contribution in [0.2, 0.25) is 0 Å². The molecule has 3 aliphatic heterocycles. The largest absolute Gasteiger partial charge is 0.478 e. The number of amides is 2. The van der Waals surface area contributed by atoms with E-state index in [-0.39, 0.29) is 29.5 Å². The van der Waals surface area contributed by atoms with E-state index in [1.54, 1.807) is 19.2 Å². The van der Waals surface area contributed by atoms with Crippen molar-refractivity contribution >= 4 is 34.5 Å². The lowest BCUT2D eigenvalue weighted by atomic mass is 9.96. The number of piperidine rings is 1. The molecular formula is C38H39N9O5. The molecule has 0 aliphatic carbocycles. The average molecular weight is 702 g/mol. The van der Waals surface area contributed by atoms with Crippen LogP contribution in [0.5, 0.6) is 0 Å². The van der Waals surface area contributed by atoms with Crippen LogP contribution in [0.4, 0.5) is 5.95 Å². The van der Waals surface area contributed by atoms with Gasteiger partial charge in [-0.15, -0.1) is 0 Å². The van der Waals surface area contributed by atoms with E-state index in [4.69, 9.17) is 19.9 Å². The number of pyridine rings is 2. The van der Waals surface area contributed by atoms with Gasteiger partial charge in [-0.05, 0) is 49.3 Å². The van der Waals surface area contributed by atoms with Gasteiger partial charge in [-0.2, -0.15) is 5.10 Å². The Morgan fingerprint density at radius 2 is 1.69 bits per heavy atom.